The van der Waals surface area contributed by atoms with Gasteiger partial charge in [-0.1, -0.05) is 26.7 Å². The topological polar surface area (TPSA) is 85.3 Å². The molecule has 0 radical (unpaired) electrons. The van der Waals surface area contributed by atoms with Gasteiger partial charge in [-0.2, -0.15) is 0 Å². The van der Waals surface area contributed by atoms with Crippen molar-refractivity contribution in [3.8, 4) is 0 Å². The fourth-order valence-electron chi connectivity index (χ4n) is 1.77. The predicted molar refractivity (Wildman–Crippen MR) is 70.6 cm³/mol. The first-order chi connectivity index (χ1) is 8.44. The number of rotatable bonds is 7. The molecule has 6 heteroatoms. The molecule has 0 atom stereocenters. The van der Waals surface area contributed by atoms with Crippen LogP contribution in [0.25, 0.3) is 0 Å². The SMILES string of the molecule is CCC(CC)CNS(=O)(=O)c1cc(CN)oc1C. The molecular weight excluding hydrogens is 252 g/mol. The van der Waals surface area contributed by atoms with E-state index in [4.69, 9.17) is 10.2 Å². The number of furan rings is 1. The lowest BCUT2D eigenvalue weighted by molar-refractivity contribution is 0.471. The van der Waals surface area contributed by atoms with E-state index in [0.717, 1.165) is 12.8 Å². The van der Waals surface area contributed by atoms with Crippen molar-refractivity contribution in [2.45, 2.75) is 45.1 Å². The van der Waals surface area contributed by atoms with Crippen LogP contribution in [0.2, 0.25) is 0 Å². The van der Waals surface area contributed by atoms with Gasteiger partial charge >= 0.3 is 0 Å². The maximum absolute atomic E-state index is 12.1. The molecule has 0 spiro atoms. The Morgan fingerprint density at radius 2 is 2.00 bits per heavy atom. The largest absolute Gasteiger partial charge is 0.464 e. The molecule has 0 aliphatic heterocycles. The van der Waals surface area contributed by atoms with Gasteiger partial charge in [0.05, 0.1) is 6.54 Å². The molecule has 1 rings (SSSR count). The molecule has 0 bridgehead atoms. The molecule has 18 heavy (non-hydrogen) atoms. The van der Waals surface area contributed by atoms with Crippen LogP contribution in [0, 0.1) is 12.8 Å². The molecule has 0 aliphatic rings. The first kappa shape index (κ1) is 15.2. The van der Waals surface area contributed by atoms with E-state index in [9.17, 15) is 8.42 Å². The first-order valence-electron chi connectivity index (χ1n) is 6.23. The zero-order valence-corrected chi connectivity index (χ0v) is 12.0. The lowest BCUT2D eigenvalue weighted by Gasteiger charge is -2.13. The molecule has 1 aromatic heterocycles. The number of nitrogens with one attached hydrogen (secondary N) is 1. The van der Waals surface area contributed by atoms with Gasteiger partial charge in [0.15, 0.2) is 0 Å². The molecule has 0 aliphatic carbocycles. The van der Waals surface area contributed by atoms with Crippen molar-refractivity contribution < 1.29 is 12.8 Å². The first-order valence-corrected chi connectivity index (χ1v) is 7.71. The van der Waals surface area contributed by atoms with E-state index in [1.807, 2.05) is 0 Å². The summed E-state index contributed by atoms with van der Waals surface area (Å²) in [7, 11) is -3.49. The van der Waals surface area contributed by atoms with Gasteiger partial charge in [-0.3, -0.25) is 0 Å². The molecule has 3 N–H and O–H groups in total. The second-order valence-electron chi connectivity index (χ2n) is 4.37. The highest BCUT2D eigenvalue weighted by Crippen LogP contribution is 2.20. The molecule has 0 amide bonds. The van der Waals surface area contributed by atoms with Gasteiger partial charge in [-0.25, -0.2) is 13.1 Å². The Morgan fingerprint density at radius 1 is 1.39 bits per heavy atom. The number of aryl methyl sites for hydroxylation is 1. The fourth-order valence-corrected chi connectivity index (χ4v) is 3.09. The molecule has 0 saturated carbocycles. The van der Waals surface area contributed by atoms with Crippen molar-refractivity contribution in [3.05, 3.63) is 17.6 Å². The standard InChI is InChI=1S/C12H22N2O3S/c1-4-10(5-2)8-14-18(15,16)12-6-11(7-13)17-9(12)3/h6,10,14H,4-5,7-8,13H2,1-3H3. The number of hydrogen-bond acceptors (Lipinski definition) is 4. The molecule has 104 valence electrons. The summed E-state index contributed by atoms with van der Waals surface area (Å²) in [6, 6.07) is 1.49. The third-order valence-electron chi connectivity index (χ3n) is 3.13. The van der Waals surface area contributed by atoms with Gasteiger partial charge in [0.25, 0.3) is 0 Å². The summed E-state index contributed by atoms with van der Waals surface area (Å²) in [5.74, 6) is 1.23. The molecule has 0 saturated heterocycles. The monoisotopic (exact) mass is 274 g/mol. The number of hydrogen-bond donors (Lipinski definition) is 2. The summed E-state index contributed by atoms with van der Waals surface area (Å²) in [5.41, 5.74) is 5.43. The Labute approximate surface area is 109 Å². The summed E-state index contributed by atoms with van der Waals surface area (Å²) in [5, 5.41) is 0. The minimum absolute atomic E-state index is 0.189. The van der Waals surface area contributed by atoms with Crippen molar-refractivity contribution in [3.63, 3.8) is 0 Å². The highest BCUT2D eigenvalue weighted by molar-refractivity contribution is 7.89. The minimum atomic E-state index is -3.49. The van der Waals surface area contributed by atoms with E-state index in [1.54, 1.807) is 6.92 Å². The fraction of sp³-hybridized carbons (Fsp3) is 0.667. The summed E-state index contributed by atoms with van der Waals surface area (Å²) in [6.07, 6.45) is 1.91. The van der Waals surface area contributed by atoms with Crippen LogP contribution >= 0.6 is 0 Å². The van der Waals surface area contributed by atoms with E-state index in [2.05, 4.69) is 18.6 Å². The van der Waals surface area contributed by atoms with Crippen LogP contribution in [0.3, 0.4) is 0 Å². The second kappa shape index (κ2) is 6.36. The number of nitrogens with two attached hydrogens (primary N) is 1. The highest BCUT2D eigenvalue weighted by atomic mass is 32.2. The van der Waals surface area contributed by atoms with Crippen LogP contribution < -0.4 is 10.5 Å². The Bertz CT molecular complexity index is 476. The maximum atomic E-state index is 12.1. The highest BCUT2D eigenvalue weighted by Gasteiger charge is 2.21. The van der Waals surface area contributed by atoms with E-state index >= 15 is 0 Å². The van der Waals surface area contributed by atoms with E-state index in [1.165, 1.54) is 6.07 Å². The third kappa shape index (κ3) is 3.57. The van der Waals surface area contributed by atoms with Gasteiger partial charge in [-0.15, -0.1) is 0 Å². The molecule has 1 heterocycles. The smallest absolute Gasteiger partial charge is 0.244 e. The quantitative estimate of drug-likeness (QED) is 0.793. The maximum Gasteiger partial charge on any atom is 0.244 e. The lowest BCUT2D eigenvalue weighted by atomic mass is 10.0. The summed E-state index contributed by atoms with van der Waals surface area (Å²) >= 11 is 0. The predicted octanol–water partition coefficient (Wildman–Crippen LogP) is 1.76. The third-order valence-corrected chi connectivity index (χ3v) is 4.66. The van der Waals surface area contributed by atoms with Crippen molar-refractivity contribution in [2.75, 3.05) is 6.54 Å². The summed E-state index contributed by atoms with van der Waals surface area (Å²) in [4.78, 5) is 0.189. The average molecular weight is 274 g/mol. The molecular formula is C12H22N2O3S. The zero-order valence-electron chi connectivity index (χ0n) is 11.2. The van der Waals surface area contributed by atoms with Gasteiger partial charge in [-0.05, 0) is 12.8 Å². The average Bonchev–Trinajstić information content (AvgIpc) is 2.72. The molecule has 0 fully saturated rings. The molecule has 1 aromatic rings. The minimum Gasteiger partial charge on any atom is -0.464 e. The lowest BCUT2D eigenvalue weighted by Crippen LogP contribution is -2.29. The molecule has 5 nitrogen and oxygen atoms in total. The Morgan fingerprint density at radius 3 is 2.44 bits per heavy atom. The van der Waals surface area contributed by atoms with Gasteiger partial charge in [0.2, 0.25) is 10.0 Å². The Balaban J connectivity index is 2.82. The second-order valence-corrected chi connectivity index (χ2v) is 6.11. The van der Waals surface area contributed by atoms with Crippen LogP contribution in [0.15, 0.2) is 15.4 Å². The van der Waals surface area contributed by atoms with Crippen molar-refractivity contribution in [2.24, 2.45) is 11.7 Å². The molecule has 0 aromatic carbocycles. The van der Waals surface area contributed by atoms with Crippen LogP contribution in [-0.2, 0) is 16.6 Å². The van der Waals surface area contributed by atoms with Gasteiger partial charge in [0.1, 0.15) is 16.4 Å². The Kier molecular flexibility index (Phi) is 5.37. The van der Waals surface area contributed by atoms with Gasteiger partial charge < -0.3 is 10.2 Å². The zero-order chi connectivity index (χ0) is 13.8. The van der Waals surface area contributed by atoms with Crippen LogP contribution in [-0.4, -0.2) is 15.0 Å². The van der Waals surface area contributed by atoms with Crippen LogP contribution in [0.1, 0.15) is 38.2 Å². The summed E-state index contributed by atoms with van der Waals surface area (Å²) < 4.78 is 32.1. The van der Waals surface area contributed by atoms with Crippen molar-refractivity contribution in [1.29, 1.82) is 0 Å². The van der Waals surface area contributed by atoms with Crippen LogP contribution in [0.4, 0.5) is 0 Å². The van der Waals surface area contributed by atoms with Crippen molar-refractivity contribution in [1.82, 2.24) is 4.72 Å². The Hall–Kier alpha value is -0.850. The van der Waals surface area contributed by atoms with E-state index in [-0.39, 0.29) is 11.4 Å². The van der Waals surface area contributed by atoms with Crippen LogP contribution in [0.5, 0.6) is 0 Å². The molecule has 0 unspecified atom stereocenters. The van der Waals surface area contributed by atoms with E-state index < -0.39 is 10.0 Å². The van der Waals surface area contributed by atoms with Gasteiger partial charge in [0, 0.05) is 12.6 Å². The van der Waals surface area contributed by atoms with Crippen molar-refractivity contribution >= 4 is 10.0 Å². The normalized spacial score (nSPS) is 12.3. The summed E-state index contributed by atoms with van der Waals surface area (Å²) in [6.45, 7) is 6.39. The number of sulfonamides is 1. The van der Waals surface area contributed by atoms with E-state index in [0.29, 0.717) is 24.0 Å².